The van der Waals surface area contributed by atoms with Gasteiger partial charge in [-0.3, -0.25) is 0 Å². The molecule has 0 atom stereocenters. The van der Waals surface area contributed by atoms with E-state index in [0.717, 1.165) is 17.7 Å². The largest absolute Gasteiger partial charge is 0.492 e. The second-order valence-electron chi connectivity index (χ2n) is 4.93. The lowest BCUT2D eigenvalue weighted by atomic mass is 9.85. The van der Waals surface area contributed by atoms with Gasteiger partial charge in [0.15, 0.2) is 0 Å². The second kappa shape index (κ2) is 5.07. The van der Waals surface area contributed by atoms with Crippen LogP contribution in [0.5, 0.6) is 5.75 Å². The van der Waals surface area contributed by atoms with Crippen molar-refractivity contribution >= 4 is 0 Å². The summed E-state index contributed by atoms with van der Waals surface area (Å²) in [5.74, 6) is 3.57. The predicted molar refractivity (Wildman–Crippen MR) is 68.9 cm³/mol. The van der Waals surface area contributed by atoms with Crippen molar-refractivity contribution in [2.75, 3.05) is 6.61 Å². The molecule has 0 spiro atoms. The molecule has 0 aromatic heterocycles. The zero-order valence-electron chi connectivity index (χ0n) is 10.6. The summed E-state index contributed by atoms with van der Waals surface area (Å²) >= 11 is 0. The minimum Gasteiger partial charge on any atom is -0.492 e. The van der Waals surface area contributed by atoms with Crippen LogP contribution in [0.1, 0.15) is 45.2 Å². The molecule has 0 bridgehead atoms. The number of para-hydroxylation sites is 1. The Kier molecular flexibility index (Phi) is 4.01. The van der Waals surface area contributed by atoms with E-state index in [1.165, 1.54) is 5.56 Å². The third kappa shape index (κ3) is 2.79. The summed E-state index contributed by atoms with van der Waals surface area (Å²) in [5.41, 5.74) is 2.08. The molecule has 0 fully saturated rings. The van der Waals surface area contributed by atoms with Crippen molar-refractivity contribution in [2.24, 2.45) is 0 Å². The number of ether oxygens (including phenoxy) is 1. The highest BCUT2D eigenvalue weighted by molar-refractivity contribution is 5.52. The van der Waals surface area contributed by atoms with Crippen LogP contribution in [0.15, 0.2) is 18.2 Å². The van der Waals surface area contributed by atoms with Gasteiger partial charge in [-0.1, -0.05) is 45.7 Å². The summed E-state index contributed by atoms with van der Waals surface area (Å²) in [6.45, 7) is 9.31. The maximum Gasteiger partial charge on any atom is 0.138 e. The van der Waals surface area contributed by atoms with Crippen molar-refractivity contribution < 1.29 is 4.74 Å². The number of hydrogen-bond acceptors (Lipinski definition) is 1. The maximum atomic E-state index is 5.79. The van der Waals surface area contributed by atoms with E-state index < -0.39 is 0 Å². The van der Waals surface area contributed by atoms with E-state index in [0.29, 0.717) is 6.61 Å². The summed E-state index contributed by atoms with van der Waals surface area (Å²) in [5, 5.41) is 0. The van der Waals surface area contributed by atoms with Crippen LogP contribution in [-0.2, 0) is 5.41 Å². The van der Waals surface area contributed by atoms with E-state index in [1.54, 1.807) is 0 Å². The Morgan fingerprint density at radius 2 is 2.00 bits per heavy atom. The molecule has 0 unspecified atom stereocenters. The Balaban J connectivity index is 3.22. The first-order valence-electron chi connectivity index (χ1n) is 5.73. The predicted octanol–water partition coefficient (Wildman–Crippen LogP) is 3.75. The summed E-state index contributed by atoms with van der Waals surface area (Å²) in [4.78, 5) is 0. The highest BCUT2D eigenvalue weighted by atomic mass is 16.5. The van der Waals surface area contributed by atoms with Gasteiger partial charge in [-0.25, -0.2) is 0 Å². The SMILES string of the molecule is C#Cc1cccc(C(C)(C)C)c1OCCC. The molecule has 0 aliphatic rings. The molecule has 0 amide bonds. The molecule has 0 saturated carbocycles. The van der Waals surface area contributed by atoms with Gasteiger partial charge in [0.25, 0.3) is 0 Å². The Morgan fingerprint density at radius 1 is 1.31 bits per heavy atom. The summed E-state index contributed by atoms with van der Waals surface area (Å²) in [7, 11) is 0. The van der Waals surface area contributed by atoms with Crippen LogP contribution in [0.4, 0.5) is 0 Å². The van der Waals surface area contributed by atoms with Crippen LogP contribution in [0, 0.1) is 12.3 Å². The lowest BCUT2D eigenvalue weighted by Crippen LogP contribution is -2.14. The number of rotatable bonds is 3. The van der Waals surface area contributed by atoms with Crippen molar-refractivity contribution in [1.82, 2.24) is 0 Å². The molecule has 0 radical (unpaired) electrons. The molecule has 1 aromatic rings. The molecular formula is C15H20O. The van der Waals surface area contributed by atoms with E-state index in [1.807, 2.05) is 12.1 Å². The third-order valence-electron chi connectivity index (χ3n) is 2.43. The van der Waals surface area contributed by atoms with Gasteiger partial charge < -0.3 is 4.74 Å². The Labute approximate surface area is 98.8 Å². The lowest BCUT2D eigenvalue weighted by Gasteiger charge is -2.23. The average molecular weight is 216 g/mol. The van der Waals surface area contributed by atoms with Gasteiger partial charge in [0.1, 0.15) is 5.75 Å². The maximum absolute atomic E-state index is 5.79. The van der Waals surface area contributed by atoms with Crippen LogP contribution >= 0.6 is 0 Å². The third-order valence-corrected chi connectivity index (χ3v) is 2.43. The van der Waals surface area contributed by atoms with Crippen molar-refractivity contribution in [1.29, 1.82) is 0 Å². The van der Waals surface area contributed by atoms with Gasteiger partial charge in [-0.2, -0.15) is 0 Å². The summed E-state index contributed by atoms with van der Waals surface area (Å²) < 4.78 is 5.79. The molecule has 16 heavy (non-hydrogen) atoms. The summed E-state index contributed by atoms with van der Waals surface area (Å²) in [6.07, 6.45) is 6.49. The van der Waals surface area contributed by atoms with Crippen molar-refractivity contribution in [3.05, 3.63) is 29.3 Å². The second-order valence-corrected chi connectivity index (χ2v) is 4.93. The van der Waals surface area contributed by atoms with Crippen molar-refractivity contribution in [3.63, 3.8) is 0 Å². The van der Waals surface area contributed by atoms with E-state index in [4.69, 9.17) is 11.2 Å². The van der Waals surface area contributed by atoms with Crippen molar-refractivity contribution in [2.45, 2.75) is 39.5 Å². The molecule has 1 aromatic carbocycles. The minimum absolute atomic E-state index is 0.0515. The molecule has 0 heterocycles. The first kappa shape index (κ1) is 12.6. The lowest BCUT2D eigenvalue weighted by molar-refractivity contribution is 0.308. The summed E-state index contributed by atoms with van der Waals surface area (Å²) in [6, 6.07) is 6.01. The highest BCUT2D eigenvalue weighted by Crippen LogP contribution is 2.33. The first-order valence-corrected chi connectivity index (χ1v) is 5.73. The van der Waals surface area contributed by atoms with Crippen molar-refractivity contribution in [3.8, 4) is 18.1 Å². The van der Waals surface area contributed by atoms with Gasteiger partial charge in [0.2, 0.25) is 0 Å². The molecule has 1 rings (SSSR count). The molecule has 0 aliphatic heterocycles. The normalized spacial score (nSPS) is 10.9. The van der Waals surface area contributed by atoms with E-state index >= 15 is 0 Å². The molecule has 1 nitrogen and oxygen atoms in total. The van der Waals surface area contributed by atoms with Gasteiger partial charge in [-0.15, -0.1) is 6.42 Å². The Morgan fingerprint density at radius 3 is 2.50 bits per heavy atom. The number of hydrogen-bond donors (Lipinski definition) is 0. The fourth-order valence-corrected chi connectivity index (χ4v) is 1.60. The molecule has 1 heteroatoms. The van der Waals surface area contributed by atoms with Crippen LogP contribution in [0.3, 0.4) is 0 Å². The fraction of sp³-hybridized carbons (Fsp3) is 0.467. The quantitative estimate of drug-likeness (QED) is 0.699. The van der Waals surface area contributed by atoms with Crippen LogP contribution in [-0.4, -0.2) is 6.61 Å². The first-order chi connectivity index (χ1) is 7.50. The molecule has 0 aliphatic carbocycles. The Bertz CT molecular complexity index is 391. The molecule has 86 valence electrons. The van der Waals surface area contributed by atoms with Gasteiger partial charge >= 0.3 is 0 Å². The fourth-order valence-electron chi connectivity index (χ4n) is 1.60. The van der Waals surface area contributed by atoms with Crippen LogP contribution in [0.2, 0.25) is 0 Å². The topological polar surface area (TPSA) is 9.23 Å². The zero-order valence-corrected chi connectivity index (χ0v) is 10.6. The monoisotopic (exact) mass is 216 g/mol. The van der Waals surface area contributed by atoms with Gasteiger partial charge in [0.05, 0.1) is 12.2 Å². The standard InChI is InChI=1S/C15H20O/c1-6-11-16-14-12(7-2)9-8-10-13(14)15(3,4)5/h2,8-10H,6,11H2,1,3-5H3. The van der Waals surface area contributed by atoms with E-state index in [9.17, 15) is 0 Å². The zero-order chi connectivity index (χ0) is 12.2. The van der Waals surface area contributed by atoms with E-state index in [-0.39, 0.29) is 5.41 Å². The van der Waals surface area contributed by atoms with Crippen LogP contribution in [0.25, 0.3) is 0 Å². The molecule has 0 N–H and O–H groups in total. The van der Waals surface area contributed by atoms with Gasteiger partial charge in [0, 0.05) is 5.56 Å². The number of terminal acetylenes is 1. The van der Waals surface area contributed by atoms with Gasteiger partial charge in [-0.05, 0) is 17.9 Å². The minimum atomic E-state index is 0.0515. The number of benzene rings is 1. The van der Waals surface area contributed by atoms with Crippen LogP contribution < -0.4 is 4.74 Å². The highest BCUT2D eigenvalue weighted by Gasteiger charge is 2.20. The molecule has 0 saturated heterocycles. The Hall–Kier alpha value is -1.42. The molecular weight excluding hydrogens is 196 g/mol. The average Bonchev–Trinajstić information content (AvgIpc) is 2.24. The smallest absolute Gasteiger partial charge is 0.138 e. The van der Waals surface area contributed by atoms with E-state index in [2.05, 4.69) is 39.7 Å².